The molecule has 1 amide bonds. The van der Waals surface area contributed by atoms with Crippen LogP contribution in [0.25, 0.3) is 5.69 Å². The minimum absolute atomic E-state index is 0.000521. The Bertz CT molecular complexity index is 785. The van der Waals surface area contributed by atoms with Gasteiger partial charge in [-0.1, -0.05) is 6.07 Å². The van der Waals surface area contributed by atoms with Crippen LogP contribution in [-0.2, 0) is 4.79 Å². The van der Waals surface area contributed by atoms with Gasteiger partial charge >= 0.3 is 5.97 Å². The number of nitrogens with one attached hydrogen (secondary N) is 1. The molecule has 1 aliphatic heterocycles. The average Bonchev–Trinajstić information content (AvgIpc) is 2.97. The number of benzene rings is 1. The molecule has 8 heteroatoms. The first-order valence-electron chi connectivity index (χ1n) is 7.92. The van der Waals surface area contributed by atoms with Gasteiger partial charge in [-0.15, -0.1) is 0 Å². The van der Waals surface area contributed by atoms with Gasteiger partial charge in [-0.3, -0.25) is 4.79 Å². The SMILES string of the molecule is Cc1c(C(=O)O)cnn1-c1cccc(NC(=O)CC2CSCCS2)c1. The zero-order chi connectivity index (χ0) is 17.8. The third kappa shape index (κ3) is 4.38. The van der Waals surface area contributed by atoms with E-state index >= 15 is 0 Å². The van der Waals surface area contributed by atoms with Crippen molar-refractivity contribution >= 4 is 41.1 Å². The summed E-state index contributed by atoms with van der Waals surface area (Å²) in [5.74, 6) is 2.27. The monoisotopic (exact) mass is 377 g/mol. The molecule has 25 heavy (non-hydrogen) atoms. The molecular formula is C17H19N3O3S2. The zero-order valence-electron chi connectivity index (χ0n) is 13.8. The quantitative estimate of drug-likeness (QED) is 0.833. The number of aromatic carboxylic acids is 1. The van der Waals surface area contributed by atoms with Crippen molar-refractivity contribution in [1.82, 2.24) is 9.78 Å². The smallest absolute Gasteiger partial charge is 0.339 e. The van der Waals surface area contributed by atoms with Crippen molar-refractivity contribution in [2.24, 2.45) is 0 Å². The van der Waals surface area contributed by atoms with Gasteiger partial charge in [-0.2, -0.15) is 28.6 Å². The molecule has 6 nitrogen and oxygen atoms in total. The highest BCUT2D eigenvalue weighted by molar-refractivity contribution is 8.06. The van der Waals surface area contributed by atoms with E-state index < -0.39 is 5.97 Å². The summed E-state index contributed by atoms with van der Waals surface area (Å²) < 4.78 is 1.56. The van der Waals surface area contributed by atoms with Crippen LogP contribution in [-0.4, -0.2) is 49.3 Å². The number of hydrogen-bond donors (Lipinski definition) is 2. The zero-order valence-corrected chi connectivity index (χ0v) is 15.4. The molecule has 1 aromatic carbocycles. The summed E-state index contributed by atoms with van der Waals surface area (Å²) in [5.41, 5.74) is 2.11. The van der Waals surface area contributed by atoms with E-state index in [9.17, 15) is 9.59 Å². The van der Waals surface area contributed by atoms with Crippen molar-refractivity contribution in [3.05, 3.63) is 41.7 Å². The molecular weight excluding hydrogens is 358 g/mol. The molecule has 3 rings (SSSR count). The van der Waals surface area contributed by atoms with E-state index in [1.54, 1.807) is 17.7 Å². The molecule has 0 aliphatic carbocycles. The fourth-order valence-corrected chi connectivity index (χ4v) is 5.35. The number of thioether (sulfide) groups is 2. The Labute approximate surface area is 154 Å². The Morgan fingerprint density at radius 3 is 2.92 bits per heavy atom. The first-order chi connectivity index (χ1) is 12.0. The summed E-state index contributed by atoms with van der Waals surface area (Å²) >= 11 is 3.75. The summed E-state index contributed by atoms with van der Waals surface area (Å²) in [6.07, 6.45) is 1.84. The van der Waals surface area contributed by atoms with Gasteiger partial charge in [0.05, 0.1) is 17.6 Å². The maximum atomic E-state index is 12.3. The molecule has 1 aliphatic rings. The second-order valence-electron chi connectivity index (χ2n) is 5.73. The fraction of sp³-hybridized carbons (Fsp3) is 0.353. The van der Waals surface area contributed by atoms with Crippen LogP contribution < -0.4 is 5.32 Å². The third-order valence-corrected chi connectivity index (χ3v) is 6.76. The molecule has 0 radical (unpaired) electrons. The third-order valence-electron chi connectivity index (χ3n) is 3.91. The molecule has 1 aromatic heterocycles. The Hall–Kier alpha value is -1.93. The Morgan fingerprint density at radius 2 is 2.24 bits per heavy atom. The lowest BCUT2D eigenvalue weighted by molar-refractivity contribution is -0.116. The fourth-order valence-electron chi connectivity index (χ4n) is 2.67. The molecule has 1 fully saturated rings. The Balaban J connectivity index is 1.71. The second-order valence-corrected chi connectivity index (χ2v) is 8.29. The van der Waals surface area contributed by atoms with Crippen molar-refractivity contribution in [2.45, 2.75) is 18.6 Å². The molecule has 0 spiro atoms. The predicted molar refractivity (Wildman–Crippen MR) is 102 cm³/mol. The standard InChI is InChI=1S/C17H19N3O3S2/c1-11-15(17(22)23)9-18-20(11)13-4-2-3-12(7-13)19-16(21)8-14-10-24-5-6-25-14/h2-4,7,9,14H,5-6,8,10H2,1H3,(H,19,21)(H,22,23). The van der Waals surface area contributed by atoms with Crippen LogP contribution in [0.15, 0.2) is 30.5 Å². The maximum absolute atomic E-state index is 12.3. The summed E-state index contributed by atoms with van der Waals surface area (Å²) in [4.78, 5) is 23.4. The van der Waals surface area contributed by atoms with Crippen molar-refractivity contribution < 1.29 is 14.7 Å². The number of aromatic nitrogens is 2. The lowest BCUT2D eigenvalue weighted by atomic mass is 10.2. The molecule has 1 unspecified atom stereocenters. The maximum Gasteiger partial charge on any atom is 0.339 e. The van der Waals surface area contributed by atoms with Crippen LogP contribution in [0.4, 0.5) is 5.69 Å². The number of anilines is 1. The van der Waals surface area contributed by atoms with Gasteiger partial charge in [0.15, 0.2) is 0 Å². The van der Waals surface area contributed by atoms with Gasteiger partial charge < -0.3 is 10.4 Å². The molecule has 0 saturated carbocycles. The molecule has 1 atom stereocenters. The van der Waals surface area contributed by atoms with Gasteiger partial charge in [0.1, 0.15) is 5.56 Å². The van der Waals surface area contributed by atoms with E-state index in [2.05, 4.69) is 10.4 Å². The Morgan fingerprint density at radius 1 is 1.40 bits per heavy atom. The molecule has 1 saturated heterocycles. The van der Waals surface area contributed by atoms with Crippen molar-refractivity contribution in [3.8, 4) is 5.69 Å². The highest BCUT2D eigenvalue weighted by Crippen LogP contribution is 2.26. The van der Waals surface area contributed by atoms with Crippen molar-refractivity contribution in [1.29, 1.82) is 0 Å². The van der Waals surface area contributed by atoms with E-state index in [-0.39, 0.29) is 11.5 Å². The lowest BCUT2D eigenvalue weighted by Crippen LogP contribution is -2.22. The van der Waals surface area contributed by atoms with Crippen LogP contribution in [0.3, 0.4) is 0 Å². The van der Waals surface area contributed by atoms with Crippen LogP contribution in [0, 0.1) is 6.92 Å². The number of carboxylic acids is 1. The molecule has 2 N–H and O–H groups in total. The number of nitrogens with zero attached hydrogens (tertiary/aromatic N) is 2. The number of amides is 1. The van der Waals surface area contributed by atoms with Crippen LogP contribution in [0.5, 0.6) is 0 Å². The topological polar surface area (TPSA) is 84.2 Å². The summed E-state index contributed by atoms with van der Waals surface area (Å²) in [6, 6.07) is 7.26. The van der Waals surface area contributed by atoms with Crippen LogP contribution in [0.2, 0.25) is 0 Å². The number of carbonyl (C=O) groups is 2. The van der Waals surface area contributed by atoms with Gasteiger partial charge in [0.25, 0.3) is 0 Å². The van der Waals surface area contributed by atoms with E-state index in [1.807, 2.05) is 41.7 Å². The van der Waals surface area contributed by atoms with E-state index in [0.717, 1.165) is 17.3 Å². The van der Waals surface area contributed by atoms with Crippen LogP contribution >= 0.6 is 23.5 Å². The molecule has 132 valence electrons. The first kappa shape index (κ1) is 17.9. The first-order valence-corrected chi connectivity index (χ1v) is 10.1. The number of carboxylic acid groups (broad SMARTS) is 1. The summed E-state index contributed by atoms with van der Waals surface area (Å²) in [5, 5.41) is 16.6. The van der Waals surface area contributed by atoms with Gasteiger partial charge in [-0.05, 0) is 25.1 Å². The summed E-state index contributed by atoms with van der Waals surface area (Å²) in [7, 11) is 0. The van der Waals surface area contributed by atoms with Gasteiger partial charge in [-0.25, -0.2) is 9.48 Å². The lowest BCUT2D eigenvalue weighted by Gasteiger charge is -2.20. The van der Waals surface area contributed by atoms with Crippen molar-refractivity contribution in [3.63, 3.8) is 0 Å². The highest BCUT2D eigenvalue weighted by atomic mass is 32.2. The molecule has 2 aromatic rings. The molecule has 0 bridgehead atoms. The predicted octanol–water partition coefficient (Wildman–Crippen LogP) is 3.06. The Kier molecular flexibility index (Phi) is 5.70. The normalized spacial score (nSPS) is 17.2. The van der Waals surface area contributed by atoms with Gasteiger partial charge in [0.2, 0.25) is 5.91 Å². The number of rotatable bonds is 5. The highest BCUT2D eigenvalue weighted by Gasteiger charge is 2.18. The number of carbonyl (C=O) groups excluding carboxylic acids is 1. The minimum atomic E-state index is -1.00. The summed E-state index contributed by atoms with van der Waals surface area (Å²) in [6.45, 7) is 1.71. The van der Waals surface area contributed by atoms with E-state index in [0.29, 0.717) is 28.7 Å². The largest absolute Gasteiger partial charge is 0.478 e. The average molecular weight is 377 g/mol. The molecule has 2 heterocycles. The minimum Gasteiger partial charge on any atom is -0.478 e. The van der Waals surface area contributed by atoms with E-state index in [1.165, 1.54) is 6.20 Å². The van der Waals surface area contributed by atoms with Gasteiger partial charge in [0, 0.05) is 34.6 Å². The van der Waals surface area contributed by atoms with Crippen molar-refractivity contribution in [2.75, 3.05) is 22.6 Å². The number of hydrogen-bond acceptors (Lipinski definition) is 5. The van der Waals surface area contributed by atoms with Crippen LogP contribution in [0.1, 0.15) is 22.5 Å². The second kappa shape index (κ2) is 7.97. The van der Waals surface area contributed by atoms with E-state index in [4.69, 9.17) is 5.11 Å².